The van der Waals surface area contributed by atoms with Crippen molar-refractivity contribution in [2.45, 2.75) is 26.8 Å². The van der Waals surface area contributed by atoms with E-state index in [9.17, 15) is 0 Å². The van der Waals surface area contributed by atoms with Crippen LogP contribution in [-0.4, -0.2) is 20.3 Å². The van der Waals surface area contributed by atoms with E-state index in [0.29, 0.717) is 5.56 Å². The smallest absolute Gasteiger partial charge is 0.0991 e. The summed E-state index contributed by atoms with van der Waals surface area (Å²) in [6, 6.07) is 9.82. The van der Waals surface area contributed by atoms with Crippen LogP contribution < -0.4 is 5.32 Å². The summed E-state index contributed by atoms with van der Waals surface area (Å²) in [6.45, 7) is 7.06. The number of nitrogens with one attached hydrogen (secondary N) is 1. The highest BCUT2D eigenvalue weighted by molar-refractivity contribution is 5.31. The molecule has 1 rings (SSSR count). The first-order valence-electron chi connectivity index (χ1n) is 6.26. The van der Waals surface area contributed by atoms with E-state index in [1.165, 1.54) is 5.56 Å². The molecule has 0 aliphatic rings. The molecule has 0 fully saturated rings. The second-order valence-electron chi connectivity index (χ2n) is 5.32. The fraction of sp³-hybridized carbons (Fsp3) is 0.533. The van der Waals surface area contributed by atoms with Gasteiger partial charge >= 0.3 is 0 Å². The van der Waals surface area contributed by atoms with Gasteiger partial charge in [0.05, 0.1) is 11.6 Å². The highest BCUT2D eigenvalue weighted by Gasteiger charge is 2.16. The number of nitrogens with zero attached hydrogens (tertiary/aromatic N) is 1. The Balaban J connectivity index is 2.34. The van der Waals surface area contributed by atoms with Crippen LogP contribution in [0.4, 0.5) is 0 Å². The van der Waals surface area contributed by atoms with Crippen molar-refractivity contribution in [2.75, 3.05) is 20.3 Å². The summed E-state index contributed by atoms with van der Waals surface area (Å²) in [4.78, 5) is 0. The summed E-state index contributed by atoms with van der Waals surface area (Å²) < 4.78 is 5.11. The van der Waals surface area contributed by atoms with Crippen LogP contribution in [0, 0.1) is 16.7 Å². The minimum Gasteiger partial charge on any atom is -0.385 e. The molecule has 0 radical (unpaired) electrons. The van der Waals surface area contributed by atoms with E-state index in [-0.39, 0.29) is 5.41 Å². The molecule has 98 valence electrons. The van der Waals surface area contributed by atoms with Crippen LogP contribution in [0.15, 0.2) is 24.3 Å². The van der Waals surface area contributed by atoms with Gasteiger partial charge in [0.1, 0.15) is 0 Å². The Morgan fingerprint density at radius 3 is 2.50 bits per heavy atom. The number of hydrogen-bond acceptors (Lipinski definition) is 3. The molecule has 0 saturated carbocycles. The van der Waals surface area contributed by atoms with E-state index >= 15 is 0 Å². The van der Waals surface area contributed by atoms with Gasteiger partial charge in [-0.2, -0.15) is 5.26 Å². The Kier molecular flexibility index (Phi) is 5.84. The van der Waals surface area contributed by atoms with E-state index in [4.69, 9.17) is 10.00 Å². The van der Waals surface area contributed by atoms with Crippen molar-refractivity contribution >= 4 is 0 Å². The Morgan fingerprint density at radius 1 is 1.28 bits per heavy atom. The average Bonchev–Trinajstić information content (AvgIpc) is 2.37. The molecule has 0 bridgehead atoms. The fourth-order valence-corrected chi connectivity index (χ4v) is 1.71. The number of hydrogen-bond donors (Lipinski definition) is 1. The zero-order chi connectivity index (χ0) is 13.4. The monoisotopic (exact) mass is 246 g/mol. The van der Waals surface area contributed by atoms with Gasteiger partial charge in [0.25, 0.3) is 0 Å². The number of ether oxygens (including phenoxy) is 1. The maximum Gasteiger partial charge on any atom is 0.0991 e. The highest BCUT2D eigenvalue weighted by Crippen LogP contribution is 2.18. The summed E-state index contributed by atoms with van der Waals surface area (Å²) in [5, 5.41) is 12.2. The maximum atomic E-state index is 8.72. The number of nitriles is 1. The number of benzene rings is 1. The molecule has 3 heteroatoms. The number of rotatable bonds is 7. The molecule has 3 nitrogen and oxygen atoms in total. The van der Waals surface area contributed by atoms with Crippen LogP contribution in [-0.2, 0) is 11.3 Å². The van der Waals surface area contributed by atoms with E-state index in [2.05, 4.69) is 25.2 Å². The van der Waals surface area contributed by atoms with E-state index < -0.39 is 0 Å². The van der Waals surface area contributed by atoms with E-state index in [0.717, 1.165) is 26.1 Å². The lowest BCUT2D eigenvalue weighted by Crippen LogP contribution is -2.30. The van der Waals surface area contributed by atoms with Crippen molar-refractivity contribution in [1.29, 1.82) is 5.26 Å². The molecular weight excluding hydrogens is 224 g/mol. The lowest BCUT2D eigenvalue weighted by atomic mass is 9.89. The molecule has 0 heterocycles. The molecule has 1 aromatic rings. The van der Waals surface area contributed by atoms with Crippen molar-refractivity contribution in [2.24, 2.45) is 5.41 Å². The average molecular weight is 246 g/mol. The van der Waals surface area contributed by atoms with E-state index in [1.807, 2.05) is 24.3 Å². The quantitative estimate of drug-likeness (QED) is 0.804. The third kappa shape index (κ3) is 5.31. The van der Waals surface area contributed by atoms with Crippen LogP contribution in [0.5, 0.6) is 0 Å². The molecule has 0 aliphatic heterocycles. The largest absolute Gasteiger partial charge is 0.385 e. The Hall–Kier alpha value is -1.37. The zero-order valence-electron chi connectivity index (χ0n) is 11.5. The minimum absolute atomic E-state index is 0.239. The van der Waals surface area contributed by atoms with Crippen LogP contribution in [0.2, 0.25) is 0 Å². The summed E-state index contributed by atoms with van der Waals surface area (Å²) in [6.07, 6.45) is 1.05. The van der Waals surface area contributed by atoms with Gasteiger partial charge in [-0.3, -0.25) is 0 Å². The molecule has 0 unspecified atom stereocenters. The van der Waals surface area contributed by atoms with Crippen molar-refractivity contribution in [3.8, 4) is 6.07 Å². The van der Waals surface area contributed by atoms with Gasteiger partial charge in [0, 0.05) is 26.8 Å². The van der Waals surface area contributed by atoms with Gasteiger partial charge in [-0.1, -0.05) is 26.0 Å². The lowest BCUT2D eigenvalue weighted by Gasteiger charge is -2.24. The molecule has 0 saturated heterocycles. The van der Waals surface area contributed by atoms with Gasteiger partial charge in [-0.05, 0) is 29.5 Å². The van der Waals surface area contributed by atoms with Crippen LogP contribution >= 0.6 is 0 Å². The highest BCUT2D eigenvalue weighted by atomic mass is 16.5. The van der Waals surface area contributed by atoms with Crippen LogP contribution in [0.3, 0.4) is 0 Å². The minimum atomic E-state index is 0.239. The van der Waals surface area contributed by atoms with Crippen molar-refractivity contribution < 1.29 is 4.74 Å². The summed E-state index contributed by atoms with van der Waals surface area (Å²) in [5.41, 5.74) is 2.15. The molecule has 0 atom stereocenters. The molecular formula is C15H22N2O. The van der Waals surface area contributed by atoms with Crippen molar-refractivity contribution in [1.82, 2.24) is 5.32 Å². The predicted molar refractivity (Wildman–Crippen MR) is 73.1 cm³/mol. The van der Waals surface area contributed by atoms with Crippen LogP contribution in [0.1, 0.15) is 31.4 Å². The zero-order valence-corrected chi connectivity index (χ0v) is 11.5. The van der Waals surface area contributed by atoms with Crippen molar-refractivity contribution in [3.05, 3.63) is 35.4 Å². The molecule has 18 heavy (non-hydrogen) atoms. The molecule has 0 amide bonds. The van der Waals surface area contributed by atoms with E-state index in [1.54, 1.807) is 7.11 Å². The topological polar surface area (TPSA) is 45.0 Å². The Labute approximate surface area is 110 Å². The van der Waals surface area contributed by atoms with Gasteiger partial charge in [0.15, 0.2) is 0 Å². The normalized spacial score (nSPS) is 11.2. The second-order valence-corrected chi connectivity index (χ2v) is 5.32. The molecule has 1 aromatic carbocycles. The van der Waals surface area contributed by atoms with Gasteiger partial charge < -0.3 is 10.1 Å². The summed E-state index contributed by atoms with van der Waals surface area (Å²) >= 11 is 0. The van der Waals surface area contributed by atoms with Crippen LogP contribution in [0.25, 0.3) is 0 Å². The summed E-state index contributed by atoms with van der Waals surface area (Å²) in [7, 11) is 1.74. The lowest BCUT2D eigenvalue weighted by molar-refractivity contribution is 0.150. The maximum absolute atomic E-state index is 8.72. The standard InChI is InChI=1S/C15H22N2O/c1-15(2,8-9-18-3)12-17-11-14-6-4-13(10-16)5-7-14/h4-7,17H,8-9,11-12H2,1-3H3. The molecule has 0 aromatic heterocycles. The molecule has 0 spiro atoms. The third-order valence-corrected chi connectivity index (χ3v) is 3.00. The van der Waals surface area contributed by atoms with Gasteiger partial charge in [-0.15, -0.1) is 0 Å². The molecule has 1 N–H and O–H groups in total. The predicted octanol–water partition coefficient (Wildman–Crippen LogP) is 2.71. The first-order valence-corrected chi connectivity index (χ1v) is 6.26. The fourth-order valence-electron chi connectivity index (χ4n) is 1.71. The van der Waals surface area contributed by atoms with Gasteiger partial charge in [-0.25, -0.2) is 0 Å². The first kappa shape index (κ1) is 14.7. The third-order valence-electron chi connectivity index (χ3n) is 3.00. The second kappa shape index (κ2) is 7.15. The Bertz CT molecular complexity index is 390. The molecule has 0 aliphatic carbocycles. The van der Waals surface area contributed by atoms with Crippen molar-refractivity contribution in [3.63, 3.8) is 0 Å². The SMILES string of the molecule is COCCC(C)(C)CNCc1ccc(C#N)cc1. The Morgan fingerprint density at radius 2 is 1.94 bits per heavy atom. The number of methoxy groups -OCH3 is 1. The first-order chi connectivity index (χ1) is 8.57. The summed E-state index contributed by atoms with van der Waals surface area (Å²) in [5.74, 6) is 0. The van der Waals surface area contributed by atoms with Gasteiger partial charge in [0.2, 0.25) is 0 Å².